The molecular weight excluding hydrogens is 320 g/mol. The Balaban J connectivity index is -0.000000199. The van der Waals surface area contributed by atoms with Crippen molar-refractivity contribution >= 4 is 48.1 Å². The Morgan fingerprint density at radius 3 is 1.86 bits per heavy atom. The van der Waals surface area contributed by atoms with E-state index >= 15 is 0 Å². The zero-order valence-corrected chi connectivity index (χ0v) is 15.6. The Kier molecular flexibility index (Phi) is 15.4. The maximum atomic E-state index is 9.13. The molecule has 0 amide bonds. The number of aryl methyl sites for hydroxylation is 1. The van der Waals surface area contributed by atoms with Gasteiger partial charge >= 0.3 is 48.1 Å². The van der Waals surface area contributed by atoms with Crippen LogP contribution < -0.4 is 0 Å². The fraction of sp³-hybridized carbons (Fsp3) is 0.571. The van der Waals surface area contributed by atoms with Crippen LogP contribution in [0.3, 0.4) is 0 Å². The van der Waals surface area contributed by atoms with Crippen molar-refractivity contribution in [3.63, 3.8) is 0 Å². The predicted octanol–water partition coefficient (Wildman–Crippen LogP) is 3.49. The van der Waals surface area contributed by atoms with Gasteiger partial charge in [0.15, 0.2) is 0 Å². The first-order valence-corrected chi connectivity index (χ1v) is 8.20. The van der Waals surface area contributed by atoms with E-state index in [4.69, 9.17) is 22.6 Å². The molecule has 0 saturated heterocycles. The minimum absolute atomic E-state index is 0. The Labute approximate surface area is 160 Å². The summed E-state index contributed by atoms with van der Waals surface area (Å²) in [6.45, 7) is 2.25. The van der Waals surface area contributed by atoms with Crippen LogP contribution in [0.5, 0.6) is 5.75 Å². The summed E-state index contributed by atoms with van der Waals surface area (Å²) < 4.78 is 31.6. The molecule has 3 N–H and O–H groups in total. The van der Waals surface area contributed by atoms with Crippen LogP contribution in [0.1, 0.15) is 53.9 Å². The molecule has 0 aromatic heterocycles. The van der Waals surface area contributed by atoms with E-state index in [1.54, 1.807) is 12.1 Å². The van der Waals surface area contributed by atoms with Crippen LogP contribution in [0.25, 0.3) is 0 Å². The second-order valence-electron chi connectivity index (χ2n) is 4.63. The Morgan fingerprint density at radius 2 is 1.38 bits per heavy atom. The van der Waals surface area contributed by atoms with E-state index in [0.29, 0.717) is 5.75 Å². The van der Waals surface area contributed by atoms with E-state index < -0.39 is 10.4 Å². The molecule has 0 atom stereocenters. The third kappa shape index (κ3) is 20.1. The minimum atomic E-state index is -4.67. The van der Waals surface area contributed by atoms with Crippen molar-refractivity contribution in [1.29, 1.82) is 0 Å². The second kappa shape index (κ2) is 13.8. The standard InChI is InChI=1S/C14H22O.Ca.H2O4S.2H/c1-2-3-4-5-6-7-8-13-9-11-14(15)12-10-13;;1-5(2,3)4;;/h9-12,15H,2-8H2,1H3;;(H2,1,2,3,4);;/q;+2;;2*-1. The molecule has 0 radical (unpaired) electrons. The molecule has 21 heavy (non-hydrogen) atoms. The number of phenolic OH excluding ortho intramolecular Hbond substituents is 1. The zero-order chi connectivity index (χ0) is 15.4. The number of phenols is 1. The molecule has 1 aromatic rings. The average Bonchev–Trinajstić information content (AvgIpc) is 2.34. The van der Waals surface area contributed by atoms with Gasteiger partial charge in [0.05, 0.1) is 0 Å². The molecule has 0 spiro atoms. The maximum absolute atomic E-state index is 9.13. The van der Waals surface area contributed by atoms with Crippen molar-refractivity contribution in [2.45, 2.75) is 51.9 Å². The van der Waals surface area contributed by atoms with Gasteiger partial charge in [0.1, 0.15) is 5.75 Å². The van der Waals surface area contributed by atoms with E-state index in [-0.39, 0.29) is 40.6 Å². The molecule has 120 valence electrons. The second-order valence-corrected chi connectivity index (χ2v) is 5.53. The first-order chi connectivity index (χ1) is 9.33. The molecule has 0 unspecified atom stereocenters. The van der Waals surface area contributed by atoms with Crippen molar-refractivity contribution in [2.24, 2.45) is 0 Å². The Hall–Kier alpha value is 0.150. The molecule has 7 heteroatoms. The number of unbranched alkanes of at least 4 members (excludes halogenated alkanes) is 5. The van der Waals surface area contributed by atoms with Gasteiger partial charge in [-0.25, -0.2) is 0 Å². The third-order valence-corrected chi connectivity index (χ3v) is 2.76. The summed E-state index contributed by atoms with van der Waals surface area (Å²) in [6.07, 6.45) is 9.19. The molecule has 0 bridgehead atoms. The van der Waals surface area contributed by atoms with E-state index in [1.165, 1.54) is 44.1 Å². The van der Waals surface area contributed by atoms with Crippen LogP contribution in [0, 0.1) is 0 Å². The SMILES string of the molecule is CCCCCCCCc1ccc(O)cc1.O=S(=O)(O)O.[Ca+2].[H-].[H-]. The quantitative estimate of drug-likeness (QED) is 0.399. The fourth-order valence-corrected chi connectivity index (χ4v) is 1.77. The predicted molar refractivity (Wildman–Crippen MR) is 87.3 cm³/mol. The fourth-order valence-electron chi connectivity index (χ4n) is 1.77. The molecule has 0 aliphatic rings. The number of hydrogen-bond donors (Lipinski definition) is 3. The third-order valence-electron chi connectivity index (χ3n) is 2.76. The molecule has 0 fully saturated rings. The van der Waals surface area contributed by atoms with Crippen LogP contribution in [-0.2, 0) is 16.8 Å². The molecule has 1 rings (SSSR count). The van der Waals surface area contributed by atoms with Crippen LogP contribution >= 0.6 is 0 Å². The van der Waals surface area contributed by atoms with Gasteiger partial charge in [-0.3, -0.25) is 9.11 Å². The Morgan fingerprint density at radius 1 is 0.952 bits per heavy atom. The molecular formula is C14H26CaO5S. The smallest absolute Gasteiger partial charge is 1.00 e. The first kappa shape index (κ1) is 23.4. The Bertz CT molecular complexity index is 447. The first-order valence-electron chi connectivity index (χ1n) is 6.80. The van der Waals surface area contributed by atoms with Crippen molar-refractivity contribution in [2.75, 3.05) is 0 Å². The van der Waals surface area contributed by atoms with Crippen LogP contribution in [0.4, 0.5) is 0 Å². The van der Waals surface area contributed by atoms with Gasteiger partial charge < -0.3 is 7.96 Å². The van der Waals surface area contributed by atoms with Gasteiger partial charge in [0.25, 0.3) is 0 Å². The van der Waals surface area contributed by atoms with Crippen molar-refractivity contribution in [1.82, 2.24) is 0 Å². The maximum Gasteiger partial charge on any atom is 2.00 e. The summed E-state index contributed by atoms with van der Waals surface area (Å²) in [4.78, 5) is 0. The van der Waals surface area contributed by atoms with E-state index in [0.717, 1.165) is 6.42 Å². The molecule has 0 aliphatic heterocycles. The summed E-state index contributed by atoms with van der Waals surface area (Å²) in [5, 5.41) is 9.13. The summed E-state index contributed by atoms with van der Waals surface area (Å²) in [7, 11) is -4.67. The largest absolute Gasteiger partial charge is 2.00 e. The molecule has 0 heterocycles. The molecule has 5 nitrogen and oxygen atoms in total. The number of hydrogen-bond acceptors (Lipinski definition) is 3. The van der Waals surface area contributed by atoms with Crippen molar-refractivity contribution < 1.29 is 25.5 Å². The number of rotatable bonds is 7. The number of aromatic hydroxyl groups is 1. The van der Waals surface area contributed by atoms with Crippen LogP contribution in [0.2, 0.25) is 0 Å². The normalized spacial score (nSPS) is 10.2. The van der Waals surface area contributed by atoms with Gasteiger partial charge in [-0.15, -0.1) is 0 Å². The molecule has 1 aromatic carbocycles. The van der Waals surface area contributed by atoms with Crippen LogP contribution in [-0.4, -0.2) is 60.4 Å². The van der Waals surface area contributed by atoms with Gasteiger partial charge in [0.2, 0.25) is 0 Å². The van der Waals surface area contributed by atoms with Gasteiger partial charge in [0, 0.05) is 0 Å². The zero-order valence-electron chi connectivity index (χ0n) is 14.5. The molecule has 0 aliphatic carbocycles. The van der Waals surface area contributed by atoms with Crippen LogP contribution in [0.15, 0.2) is 24.3 Å². The summed E-state index contributed by atoms with van der Waals surface area (Å²) in [5.41, 5.74) is 1.34. The molecule has 0 saturated carbocycles. The topological polar surface area (TPSA) is 94.8 Å². The van der Waals surface area contributed by atoms with E-state index in [2.05, 4.69) is 6.92 Å². The summed E-state index contributed by atoms with van der Waals surface area (Å²) >= 11 is 0. The monoisotopic (exact) mass is 346 g/mol. The van der Waals surface area contributed by atoms with Gasteiger partial charge in [-0.1, -0.05) is 51.2 Å². The van der Waals surface area contributed by atoms with Crippen molar-refractivity contribution in [3.05, 3.63) is 29.8 Å². The van der Waals surface area contributed by atoms with E-state index in [1.807, 2.05) is 12.1 Å². The summed E-state index contributed by atoms with van der Waals surface area (Å²) in [5.74, 6) is 0.363. The van der Waals surface area contributed by atoms with Crippen molar-refractivity contribution in [3.8, 4) is 5.75 Å². The van der Waals surface area contributed by atoms with Gasteiger partial charge in [-0.2, -0.15) is 8.42 Å². The van der Waals surface area contributed by atoms with E-state index in [9.17, 15) is 0 Å². The number of benzene rings is 1. The minimum Gasteiger partial charge on any atom is -1.00 e. The van der Waals surface area contributed by atoms with Gasteiger partial charge in [-0.05, 0) is 30.5 Å². The summed E-state index contributed by atoms with van der Waals surface area (Å²) in [6, 6.07) is 7.57. The average molecular weight is 347 g/mol.